The monoisotopic (exact) mass is 290 g/mol. The number of rotatable bonds is 7. The molecule has 0 saturated heterocycles. The SMILES string of the molecule is CC(C)CCN(Cc1cccnc1C(=O)O)C1CCCC1. The zero-order valence-electron chi connectivity index (χ0n) is 13.1. The van der Waals surface area contributed by atoms with Crippen molar-refractivity contribution in [2.24, 2.45) is 5.92 Å². The van der Waals surface area contributed by atoms with Gasteiger partial charge in [-0.1, -0.05) is 32.8 Å². The van der Waals surface area contributed by atoms with Crippen molar-refractivity contribution in [2.75, 3.05) is 6.54 Å². The van der Waals surface area contributed by atoms with Crippen LogP contribution in [0.5, 0.6) is 0 Å². The Hall–Kier alpha value is -1.42. The molecular weight excluding hydrogens is 264 g/mol. The average molecular weight is 290 g/mol. The van der Waals surface area contributed by atoms with Gasteiger partial charge in [-0.2, -0.15) is 0 Å². The average Bonchev–Trinajstić information content (AvgIpc) is 2.97. The standard InChI is InChI=1S/C17H26N2O2/c1-13(2)9-11-19(15-7-3-4-8-15)12-14-6-5-10-18-16(14)17(20)21/h5-6,10,13,15H,3-4,7-9,11-12H2,1-2H3,(H,20,21). The van der Waals surface area contributed by atoms with Gasteiger partial charge < -0.3 is 5.11 Å². The van der Waals surface area contributed by atoms with Crippen molar-refractivity contribution in [1.82, 2.24) is 9.88 Å². The van der Waals surface area contributed by atoms with Crippen LogP contribution in [0.25, 0.3) is 0 Å². The summed E-state index contributed by atoms with van der Waals surface area (Å²) in [5.41, 5.74) is 1.03. The van der Waals surface area contributed by atoms with Crippen molar-refractivity contribution < 1.29 is 9.90 Å². The van der Waals surface area contributed by atoms with Crippen molar-refractivity contribution in [1.29, 1.82) is 0 Å². The van der Waals surface area contributed by atoms with Gasteiger partial charge in [0.1, 0.15) is 0 Å². The van der Waals surface area contributed by atoms with E-state index >= 15 is 0 Å². The van der Waals surface area contributed by atoms with Crippen molar-refractivity contribution in [3.8, 4) is 0 Å². The van der Waals surface area contributed by atoms with E-state index in [9.17, 15) is 9.90 Å². The first-order valence-electron chi connectivity index (χ1n) is 7.99. The lowest BCUT2D eigenvalue weighted by Gasteiger charge is -2.29. The fourth-order valence-corrected chi connectivity index (χ4v) is 3.06. The van der Waals surface area contributed by atoms with E-state index in [1.54, 1.807) is 6.20 Å². The van der Waals surface area contributed by atoms with Gasteiger partial charge in [-0.3, -0.25) is 4.90 Å². The largest absolute Gasteiger partial charge is 0.477 e. The van der Waals surface area contributed by atoms with E-state index in [-0.39, 0.29) is 5.69 Å². The van der Waals surface area contributed by atoms with Crippen molar-refractivity contribution in [2.45, 2.75) is 58.5 Å². The summed E-state index contributed by atoms with van der Waals surface area (Å²) in [6, 6.07) is 4.33. The Bertz CT molecular complexity index is 468. The normalized spacial score (nSPS) is 16.0. The molecule has 0 radical (unpaired) electrons. The number of nitrogens with zero attached hydrogens (tertiary/aromatic N) is 2. The van der Waals surface area contributed by atoms with E-state index < -0.39 is 5.97 Å². The topological polar surface area (TPSA) is 53.4 Å². The number of aromatic carboxylic acids is 1. The summed E-state index contributed by atoms with van der Waals surface area (Å²) in [6.45, 7) is 6.21. The summed E-state index contributed by atoms with van der Waals surface area (Å²) in [7, 11) is 0. The van der Waals surface area contributed by atoms with Gasteiger partial charge in [0.05, 0.1) is 0 Å². The molecule has 1 aliphatic carbocycles. The van der Waals surface area contributed by atoms with E-state index in [2.05, 4.69) is 23.7 Å². The number of hydrogen-bond acceptors (Lipinski definition) is 3. The zero-order valence-corrected chi connectivity index (χ0v) is 13.1. The second kappa shape index (κ2) is 7.55. The highest BCUT2D eigenvalue weighted by Gasteiger charge is 2.24. The molecule has 0 atom stereocenters. The lowest BCUT2D eigenvalue weighted by molar-refractivity contribution is 0.0686. The third kappa shape index (κ3) is 4.53. The Balaban J connectivity index is 2.12. The first kappa shape index (κ1) is 16.0. The molecule has 0 amide bonds. The van der Waals surface area contributed by atoms with Crippen molar-refractivity contribution in [3.05, 3.63) is 29.6 Å². The summed E-state index contributed by atoms with van der Waals surface area (Å²) >= 11 is 0. The van der Waals surface area contributed by atoms with Crippen LogP contribution in [0.4, 0.5) is 0 Å². The quantitative estimate of drug-likeness (QED) is 0.834. The molecule has 2 rings (SSSR count). The van der Waals surface area contributed by atoms with E-state index in [4.69, 9.17) is 0 Å². The first-order valence-corrected chi connectivity index (χ1v) is 7.99. The maximum atomic E-state index is 11.3. The lowest BCUT2D eigenvalue weighted by atomic mass is 10.1. The fourth-order valence-electron chi connectivity index (χ4n) is 3.06. The molecule has 1 N–H and O–H groups in total. The molecule has 0 aliphatic heterocycles. The van der Waals surface area contributed by atoms with E-state index in [1.165, 1.54) is 25.7 Å². The smallest absolute Gasteiger partial charge is 0.354 e. The highest BCUT2D eigenvalue weighted by Crippen LogP contribution is 2.26. The van der Waals surface area contributed by atoms with Gasteiger partial charge in [0.15, 0.2) is 5.69 Å². The minimum absolute atomic E-state index is 0.199. The molecule has 1 heterocycles. The van der Waals surface area contributed by atoms with E-state index in [0.717, 1.165) is 18.5 Å². The number of pyridine rings is 1. The van der Waals surface area contributed by atoms with Gasteiger partial charge >= 0.3 is 5.97 Å². The number of hydrogen-bond donors (Lipinski definition) is 1. The summed E-state index contributed by atoms with van der Waals surface area (Å²) in [4.78, 5) is 17.8. The van der Waals surface area contributed by atoms with Crippen LogP contribution in [0.1, 0.15) is 62.0 Å². The van der Waals surface area contributed by atoms with E-state index in [1.807, 2.05) is 12.1 Å². The van der Waals surface area contributed by atoms with Gasteiger partial charge in [-0.15, -0.1) is 0 Å². The van der Waals surface area contributed by atoms with Gasteiger partial charge in [-0.25, -0.2) is 9.78 Å². The summed E-state index contributed by atoms with van der Waals surface area (Å²) in [6.07, 6.45) is 7.77. The third-order valence-corrected chi connectivity index (χ3v) is 4.30. The Morgan fingerprint density at radius 2 is 2.14 bits per heavy atom. The number of carboxylic acid groups (broad SMARTS) is 1. The fraction of sp³-hybridized carbons (Fsp3) is 0.647. The van der Waals surface area contributed by atoms with Crippen LogP contribution in [-0.2, 0) is 6.54 Å². The van der Waals surface area contributed by atoms with Crippen LogP contribution in [0.2, 0.25) is 0 Å². The maximum absolute atomic E-state index is 11.3. The molecule has 1 fully saturated rings. The lowest BCUT2D eigenvalue weighted by Crippen LogP contribution is -2.34. The highest BCUT2D eigenvalue weighted by atomic mass is 16.4. The van der Waals surface area contributed by atoms with Gasteiger partial charge in [0, 0.05) is 18.8 Å². The molecule has 1 saturated carbocycles. The molecule has 0 bridgehead atoms. The van der Waals surface area contributed by atoms with Crippen LogP contribution in [0.15, 0.2) is 18.3 Å². The Morgan fingerprint density at radius 3 is 2.76 bits per heavy atom. The van der Waals surface area contributed by atoms with Crippen LogP contribution < -0.4 is 0 Å². The van der Waals surface area contributed by atoms with Gasteiger partial charge in [-0.05, 0) is 43.4 Å². The molecule has 21 heavy (non-hydrogen) atoms. The molecule has 0 aromatic carbocycles. The second-order valence-corrected chi connectivity index (χ2v) is 6.41. The van der Waals surface area contributed by atoms with Gasteiger partial charge in [0.25, 0.3) is 0 Å². The molecule has 4 nitrogen and oxygen atoms in total. The van der Waals surface area contributed by atoms with Gasteiger partial charge in [0.2, 0.25) is 0 Å². The zero-order chi connectivity index (χ0) is 15.2. The van der Waals surface area contributed by atoms with Crippen LogP contribution >= 0.6 is 0 Å². The molecule has 1 aromatic heterocycles. The molecule has 1 aromatic rings. The number of carbonyl (C=O) groups is 1. The molecule has 4 heteroatoms. The second-order valence-electron chi connectivity index (χ2n) is 6.41. The minimum Gasteiger partial charge on any atom is -0.477 e. The maximum Gasteiger partial charge on any atom is 0.354 e. The first-order chi connectivity index (χ1) is 10.1. The van der Waals surface area contributed by atoms with Crippen LogP contribution in [0.3, 0.4) is 0 Å². The van der Waals surface area contributed by atoms with Crippen molar-refractivity contribution >= 4 is 5.97 Å². The predicted octanol–water partition coefficient (Wildman–Crippen LogP) is 3.57. The number of aromatic nitrogens is 1. The predicted molar refractivity (Wildman–Crippen MR) is 83.3 cm³/mol. The van der Waals surface area contributed by atoms with E-state index in [0.29, 0.717) is 18.5 Å². The molecule has 0 spiro atoms. The summed E-state index contributed by atoms with van der Waals surface area (Å²) in [5.74, 6) is -0.262. The summed E-state index contributed by atoms with van der Waals surface area (Å²) < 4.78 is 0. The Kier molecular flexibility index (Phi) is 5.74. The third-order valence-electron chi connectivity index (χ3n) is 4.30. The Morgan fingerprint density at radius 1 is 1.43 bits per heavy atom. The van der Waals surface area contributed by atoms with Crippen LogP contribution in [0, 0.1) is 5.92 Å². The Labute approximate surface area is 127 Å². The van der Waals surface area contributed by atoms with Crippen LogP contribution in [-0.4, -0.2) is 33.5 Å². The molecular formula is C17H26N2O2. The highest BCUT2D eigenvalue weighted by molar-refractivity contribution is 5.86. The minimum atomic E-state index is -0.930. The molecule has 1 aliphatic rings. The molecule has 0 unspecified atom stereocenters. The number of carboxylic acids is 1. The van der Waals surface area contributed by atoms with Crippen molar-refractivity contribution in [3.63, 3.8) is 0 Å². The summed E-state index contributed by atoms with van der Waals surface area (Å²) in [5, 5.41) is 9.28. The molecule has 116 valence electrons.